The van der Waals surface area contributed by atoms with E-state index in [9.17, 15) is 4.79 Å². The van der Waals surface area contributed by atoms with Crippen molar-refractivity contribution in [2.24, 2.45) is 0 Å². The summed E-state index contributed by atoms with van der Waals surface area (Å²) >= 11 is 1.35. The number of ether oxygens (including phenoxy) is 2. The van der Waals surface area contributed by atoms with E-state index in [1.807, 2.05) is 59.5 Å². The lowest BCUT2D eigenvalue weighted by Crippen LogP contribution is -2.49. The number of para-hydroxylation sites is 2. The van der Waals surface area contributed by atoms with Gasteiger partial charge in [0, 0.05) is 57.1 Å². The average molecular weight is 548 g/mol. The van der Waals surface area contributed by atoms with Crippen molar-refractivity contribution < 1.29 is 18.7 Å². The van der Waals surface area contributed by atoms with Crippen LogP contribution in [0.3, 0.4) is 0 Å². The highest BCUT2D eigenvalue weighted by Gasteiger charge is 2.24. The summed E-state index contributed by atoms with van der Waals surface area (Å²) in [6.45, 7) is 3.95. The molecule has 0 spiro atoms. The highest BCUT2D eigenvalue weighted by Crippen LogP contribution is 2.28. The number of nitrogens with zero attached hydrogens (tertiary/aromatic N) is 5. The topological polar surface area (TPSA) is 84.2 Å². The molecule has 1 aliphatic rings. The fourth-order valence-corrected chi connectivity index (χ4v) is 5.43. The van der Waals surface area contributed by atoms with Gasteiger partial charge in [-0.15, -0.1) is 0 Å². The first-order chi connectivity index (χ1) is 19.1. The summed E-state index contributed by atoms with van der Waals surface area (Å²) in [5.74, 6) is 3.36. The number of amides is 1. The molecule has 0 bridgehead atoms. The van der Waals surface area contributed by atoms with Crippen LogP contribution in [0.15, 0.2) is 71.3 Å². The number of hydrogen-bond donors (Lipinski definition) is 0. The fourth-order valence-electron chi connectivity index (χ4n) is 4.72. The molecule has 1 aliphatic heterocycles. The van der Waals surface area contributed by atoms with Crippen LogP contribution in [-0.2, 0) is 17.8 Å². The van der Waals surface area contributed by atoms with Gasteiger partial charge in [0.15, 0.2) is 0 Å². The van der Waals surface area contributed by atoms with Crippen molar-refractivity contribution in [3.05, 3.63) is 84.1 Å². The molecular formula is C29H33N5O4S. The lowest BCUT2D eigenvalue weighted by atomic mass is 10.1. The summed E-state index contributed by atoms with van der Waals surface area (Å²) in [7, 11) is 3.35. The van der Waals surface area contributed by atoms with E-state index >= 15 is 0 Å². The van der Waals surface area contributed by atoms with Crippen LogP contribution in [0.1, 0.15) is 23.6 Å². The van der Waals surface area contributed by atoms with Crippen molar-refractivity contribution in [3.63, 3.8) is 0 Å². The molecule has 3 heterocycles. The lowest BCUT2D eigenvalue weighted by Gasteiger charge is -2.37. The number of rotatable bonds is 11. The van der Waals surface area contributed by atoms with Gasteiger partial charge in [0.25, 0.3) is 0 Å². The summed E-state index contributed by atoms with van der Waals surface area (Å²) < 4.78 is 21.0. The molecule has 204 valence electrons. The van der Waals surface area contributed by atoms with Crippen LogP contribution < -0.4 is 19.3 Å². The standard InChI is InChI=1S/C29H33N5O4S/c1-36-23-8-5-7-22(19-23)20-27-30-29(39-31-27)34(21-24-9-6-18-38-24)13-12-28(35)33-16-14-32(15-17-33)25-10-3-4-11-26(25)37-2/h3-11,18-19H,12-17,20-21H2,1-2H3. The van der Waals surface area contributed by atoms with E-state index in [0.29, 0.717) is 39.0 Å². The van der Waals surface area contributed by atoms with Crippen LogP contribution in [-0.4, -0.2) is 67.1 Å². The van der Waals surface area contributed by atoms with Gasteiger partial charge in [-0.05, 0) is 42.0 Å². The van der Waals surface area contributed by atoms with Gasteiger partial charge >= 0.3 is 0 Å². The highest BCUT2D eigenvalue weighted by molar-refractivity contribution is 7.09. The maximum absolute atomic E-state index is 13.2. The third-order valence-corrected chi connectivity index (χ3v) is 7.62. The first-order valence-electron chi connectivity index (χ1n) is 13.0. The average Bonchev–Trinajstić information content (AvgIpc) is 3.67. The smallest absolute Gasteiger partial charge is 0.224 e. The number of benzene rings is 2. The molecule has 9 nitrogen and oxygen atoms in total. The molecule has 0 unspecified atom stereocenters. The molecule has 0 atom stereocenters. The second-order valence-corrected chi connectivity index (χ2v) is 10.0. The Bertz CT molecular complexity index is 1350. The minimum atomic E-state index is 0.139. The number of furan rings is 1. The van der Waals surface area contributed by atoms with E-state index in [0.717, 1.165) is 52.6 Å². The summed E-state index contributed by atoms with van der Waals surface area (Å²) in [5, 5.41) is 0.776. The van der Waals surface area contributed by atoms with Crippen LogP contribution >= 0.6 is 11.5 Å². The van der Waals surface area contributed by atoms with E-state index in [-0.39, 0.29) is 5.91 Å². The molecule has 5 rings (SSSR count). The molecule has 1 fully saturated rings. The van der Waals surface area contributed by atoms with E-state index in [2.05, 4.69) is 20.2 Å². The predicted octanol–water partition coefficient (Wildman–Crippen LogP) is 4.48. The minimum Gasteiger partial charge on any atom is -0.497 e. The lowest BCUT2D eigenvalue weighted by molar-refractivity contribution is -0.131. The Balaban J connectivity index is 1.20. The fraction of sp³-hybridized carbons (Fsp3) is 0.345. The largest absolute Gasteiger partial charge is 0.497 e. The quantitative estimate of drug-likeness (QED) is 0.272. The van der Waals surface area contributed by atoms with Crippen molar-refractivity contribution in [1.29, 1.82) is 0 Å². The number of piperazine rings is 1. The third-order valence-electron chi connectivity index (χ3n) is 6.80. The van der Waals surface area contributed by atoms with Crippen LogP contribution in [0.25, 0.3) is 0 Å². The molecule has 0 N–H and O–H groups in total. The molecule has 0 saturated carbocycles. The monoisotopic (exact) mass is 547 g/mol. The van der Waals surface area contributed by atoms with Gasteiger partial charge in [0.05, 0.1) is 32.7 Å². The summed E-state index contributed by atoms with van der Waals surface area (Å²) in [6.07, 6.45) is 2.66. The molecule has 0 radical (unpaired) electrons. The molecule has 2 aromatic heterocycles. The van der Waals surface area contributed by atoms with Crippen LogP contribution in [0.4, 0.5) is 10.8 Å². The Morgan fingerprint density at radius 2 is 1.87 bits per heavy atom. The SMILES string of the molecule is COc1cccc(Cc2nsc(N(CCC(=O)N3CCN(c4ccccc4OC)CC3)Cc3ccco3)n2)c1. The third kappa shape index (κ3) is 6.69. The molecular weight excluding hydrogens is 514 g/mol. The molecule has 1 saturated heterocycles. The van der Waals surface area contributed by atoms with Gasteiger partial charge in [-0.3, -0.25) is 4.79 Å². The van der Waals surface area contributed by atoms with Crippen molar-refractivity contribution >= 4 is 28.3 Å². The Morgan fingerprint density at radius 1 is 1.03 bits per heavy atom. The zero-order valence-corrected chi connectivity index (χ0v) is 23.1. The number of carbonyl (C=O) groups excluding carboxylic acids is 1. The molecule has 2 aromatic carbocycles. The van der Waals surface area contributed by atoms with Crippen LogP contribution in [0.2, 0.25) is 0 Å². The van der Waals surface area contributed by atoms with Crippen molar-refractivity contribution in [3.8, 4) is 11.5 Å². The normalized spacial score (nSPS) is 13.4. The van der Waals surface area contributed by atoms with Gasteiger partial charge in [0.2, 0.25) is 11.0 Å². The van der Waals surface area contributed by atoms with Crippen molar-refractivity contribution in [1.82, 2.24) is 14.3 Å². The van der Waals surface area contributed by atoms with E-state index in [1.54, 1.807) is 20.5 Å². The number of aromatic nitrogens is 2. The van der Waals surface area contributed by atoms with Crippen molar-refractivity contribution in [2.75, 3.05) is 56.7 Å². The predicted molar refractivity (Wildman–Crippen MR) is 152 cm³/mol. The highest BCUT2D eigenvalue weighted by atomic mass is 32.1. The maximum atomic E-state index is 13.2. The molecule has 10 heteroatoms. The first kappa shape index (κ1) is 26.6. The summed E-state index contributed by atoms with van der Waals surface area (Å²) in [6, 6.07) is 19.7. The number of hydrogen-bond acceptors (Lipinski definition) is 9. The second-order valence-electron chi connectivity index (χ2n) is 9.31. The summed E-state index contributed by atoms with van der Waals surface area (Å²) in [4.78, 5) is 24.3. The zero-order valence-electron chi connectivity index (χ0n) is 22.3. The van der Waals surface area contributed by atoms with E-state index in [4.69, 9.17) is 18.9 Å². The Labute approximate surface area is 232 Å². The Hall–Kier alpha value is -4.05. The van der Waals surface area contributed by atoms with Gasteiger partial charge in [0.1, 0.15) is 23.1 Å². The molecule has 0 aliphatic carbocycles. The van der Waals surface area contributed by atoms with Crippen LogP contribution in [0, 0.1) is 0 Å². The first-order valence-corrected chi connectivity index (χ1v) is 13.8. The maximum Gasteiger partial charge on any atom is 0.224 e. The second kappa shape index (κ2) is 12.7. The van der Waals surface area contributed by atoms with Gasteiger partial charge < -0.3 is 28.6 Å². The number of anilines is 2. The minimum absolute atomic E-state index is 0.139. The van der Waals surface area contributed by atoms with E-state index < -0.39 is 0 Å². The summed E-state index contributed by atoms with van der Waals surface area (Å²) in [5.41, 5.74) is 2.15. The Kier molecular flexibility index (Phi) is 8.62. The molecule has 1 amide bonds. The van der Waals surface area contributed by atoms with Gasteiger partial charge in [-0.1, -0.05) is 24.3 Å². The van der Waals surface area contributed by atoms with Crippen LogP contribution in [0.5, 0.6) is 11.5 Å². The molecule has 4 aromatic rings. The van der Waals surface area contributed by atoms with Crippen molar-refractivity contribution in [2.45, 2.75) is 19.4 Å². The van der Waals surface area contributed by atoms with E-state index in [1.165, 1.54) is 11.5 Å². The number of carbonyl (C=O) groups is 1. The number of methoxy groups -OCH3 is 2. The molecule has 39 heavy (non-hydrogen) atoms. The van der Waals surface area contributed by atoms with Gasteiger partial charge in [-0.25, -0.2) is 4.98 Å². The van der Waals surface area contributed by atoms with Gasteiger partial charge in [-0.2, -0.15) is 4.37 Å². The zero-order chi connectivity index (χ0) is 27.0. The Morgan fingerprint density at radius 3 is 2.64 bits per heavy atom.